The van der Waals surface area contributed by atoms with Crippen molar-refractivity contribution in [3.8, 4) is 0 Å². The zero-order chi connectivity index (χ0) is 49.3. The standard InChI is InChI=1S/C62H106O6/c1-4-7-10-13-16-19-22-25-28-30-31-32-35-37-40-43-46-49-52-55-61(64)67-58-59(57-66-60(63)54-51-48-45-42-39-36-33-27-24-21-18-15-12-9-6-3)68-62(65)56-53-50-47-44-41-38-34-29-26-23-20-17-14-11-8-5-2/h7,10,16,18-19,21,25,27-28,31-33,37,40,59H,4-6,8-9,11-15,17,20,22-24,26,29-30,34-36,38-39,41-58H2,1-3H3/b10-7+,19-16+,21-18+,28-25+,32-31+,33-27+,40-37+/t59-/m1/s1. The molecule has 0 saturated heterocycles. The number of esters is 3. The Hall–Kier alpha value is -3.41. The van der Waals surface area contributed by atoms with Crippen molar-refractivity contribution in [2.75, 3.05) is 13.2 Å². The lowest BCUT2D eigenvalue weighted by molar-refractivity contribution is -0.167. The predicted octanol–water partition coefficient (Wildman–Crippen LogP) is 19.2. The van der Waals surface area contributed by atoms with Crippen LogP contribution in [0.1, 0.15) is 271 Å². The molecule has 390 valence electrons. The number of unbranched alkanes of at least 4 members (excludes halogenated alkanes) is 26. The van der Waals surface area contributed by atoms with Crippen molar-refractivity contribution in [3.05, 3.63) is 85.1 Å². The number of carbonyl (C=O) groups is 3. The Labute approximate surface area is 420 Å². The number of ether oxygens (including phenoxy) is 3. The van der Waals surface area contributed by atoms with Crippen LogP contribution >= 0.6 is 0 Å². The van der Waals surface area contributed by atoms with Crippen molar-refractivity contribution in [3.63, 3.8) is 0 Å². The molecular formula is C62H106O6. The number of rotatable bonds is 51. The molecule has 0 amide bonds. The van der Waals surface area contributed by atoms with Crippen molar-refractivity contribution in [2.45, 2.75) is 277 Å². The van der Waals surface area contributed by atoms with Gasteiger partial charge in [0.05, 0.1) is 0 Å². The lowest BCUT2D eigenvalue weighted by Crippen LogP contribution is -2.30. The summed E-state index contributed by atoms with van der Waals surface area (Å²) in [6.07, 6.45) is 72.8. The summed E-state index contributed by atoms with van der Waals surface area (Å²) in [4.78, 5) is 38.1. The molecule has 0 aliphatic heterocycles. The van der Waals surface area contributed by atoms with Gasteiger partial charge in [0.2, 0.25) is 0 Å². The Bertz CT molecular complexity index is 1320. The number of carbonyl (C=O) groups excluding carboxylic acids is 3. The van der Waals surface area contributed by atoms with E-state index in [0.29, 0.717) is 19.3 Å². The molecule has 1 atom stereocenters. The minimum atomic E-state index is -0.795. The summed E-state index contributed by atoms with van der Waals surface area (Å²) in [6.45, 7) is 6.48. The zero-order valence-corrected chi connectivity index (χ0v) is 44.6. The average Bonchev–Trinajstić information content (AvgIpc) is 3.34. The average molecular weight is 948 g/mol. The van der Waals surface area contributed by atoms with Gasteiger partial charge in [-0.05, 0) is 96.3 Å². The maximum absolute atomic E-state index is 12.9. The molecular weight excluding hydrogens is 841 g/mol. The summed E-state index contributed by atoms with van der Waals surface area (Å²) in [5, 5.41) is 0. The van der Waals surface area contributed by atoms with Gasteiger partial charge in [-0.25, -0.2) is 0 Å². The van der Waals surface area contributed by atoms with E-state index in [1.54, 1.807) is 0 Å². The van der Waals surface area contributed by atoms with E-state index in [4.69, 9.17) is 14.2 Å². The highest BCUT2D eigenvalue weighted by Crippen LogP contribution is 2.15. The van der Waals surface area contributed by atoms with Crippen LogP contribution in [0.25, 0.3) is 0 Å². The quantitative estimate of drug-likeness (QED) is 0.0262. The van der Waals surface area contributed by atoms with E-state index >= 15 is 0 Å². The molecule has 6 nitrogen and oxygen atoms in total. The second-order valence-electron chi connectivity index (χ2n) is 18.8. The first-order chi connectivity index (χ1) is 33.5. The van der Waals surface area contributed by atoms with Crippen LogP contribution in [-0.2, 0) is 28.6 Å². The fourth-order valence-electron chi connectivity index (χ4n) is 7.85. The third-order valence-electron chi connectivity index (χ3n) is 12.1. The van der Waals surface area contributed by atoms with E-state index in [0.717, 1.165) is 122 Å². The second-order valence-corrected chi connectivity index (χ2v) is 18.8. The largest absolute Gasteiger partial charge is 0.462 e. The Morgan fingerprint density at radius 3 is 0.941 bits per heavy atom. The smallest absolute Gasteiger partial charge is 0.306 e. The molecule has 0 saturated carbocycles. The zero-order valence-electron chi connectivity index (χ0n) is 44.6. The Morgan fingerprint density at radius 1 is 0.309 bits per heavy atom. The molecule has 0 fully saturated rings. The van der Waals surface area contributed by atoms with Gasteiger partial charge in [0, 0.05) is 19.3 Å². The maximum atomic E-state index is 12.9. The molecule has 0 aromatic rings. The highest BCUT2D eigenvalue weighted by Gasteiger charge is 2.19. The Morgan fingerprint density at radius 2 is 0.574 bits per heavy atom. The van der Waals surface area contributed by atoms with Crippen LogP contribution in [0.5, 0.6) is 0 Å². The van der Waals surface area contributed by atoms with E-state index in [9.17, 15) is 14.4 Å². The fourth-order valence-corrected chi connectivity index (χ4v) is 7.85. The first-order valence-electron chi connectivity index (χ1n) is 28.6. The first kappa shape index (κ1) is 64.6. The third-order valence-corrected chi connectivity index (χ3v) is 12.1. The molecule has 0 unspecified atom stereocenters. The molecule has 0 heterocycles. The summed E-state index contributed by atoms with van der Waals surface area (Å²) in [7, 11) is 0. The van der Waals surface area contributed by atoms with Gasteiger partial charge in [0.1, 0.15) is 13.2 Å². The molecule has 6 heteroatoms. The first-order valence-corrected chi connectivity index (χ1v) is 28.6. The van der Waals surface area contributed by atoms with Gasteiger partial charge in [0.15, 0.2) is 6.10 Å². The Kier molecular flexibility index (Phi) is 53.4. The van der Waals surface area contributed by atoms with Crippen molar-refractivity contribution in [1.29, 1.82) is 0 Å². The van der Waals surface area contributed by atoms with Crippen molar-refractivity contribution in [2.24, 2.45) is 0 Å². The summed E-state index contributed by atoms with van der Waals surface area (Å²) in [5.74, 6) is -0.931. The van der Waals surface area contributed by atoms with Crippen LogP contribution in [0.3, 0.4) is 0 Å². The van der Waals surface area contributed by atoms with Crippen molar-refractivity contribution < 1.29 is 28.6 Å². The summed E-state index contributed by atoms with van der Waals surface area (Å²) in [5.41, 5.74) is 0. The fraction of sp³-hybridized carbons (Fsp3) is 0.726. The molecule has 0 N–H and O–H groups in total. The molecule has 68 heavy (non-hydrogen) atoms. The van der Waals surface area contributed by atoms with E-state index in [2.05, 4.69) is 106 Å². The highest BCUT2D eigenvalue weighted by molar-refractivity contribution is 5.71. The van der Waals surface area contributed by atoms with Crippen LogP contribution < -0.4 is 0 Å². The summed E-state index contributed by atoms with van der Waals surface area (Å²) in [6, 6.07) is 0. The topological polar surface area (TPSA) is 78.9 Å². The molecule has 0 aliphatic carbocycles. The molecule has 0 spiro atoms. The van der Waals surface area contributed by atoms with E-state index in [-0.39, 0.29) is 31.1 Å². The van der Waals surface area contributed by atoms with Gasteiger partial charge in [-0.3, -0.25) is 14.4 Å². The molecule has 0 radical (unpaired) electrons. The van der Waals surface area contributed by atoms with Crippen LogP contribution in [0.15, 0.2) is 85.1 Å². The number of allylic oxidation sites excluding steroid dienone is 14. The van der Waals surface area contributed by atoms with Crippen LogP contribution in [0.2, 0.25) is 0 Å². The summed E-state index contributed by atoms with van der Waals surface area (Å²) >= 11 is 0. The van der Waals surface area contributed by atoms with E-state index < -0.39 is 6.10 Å². The highest BCUT2D eigenvalue weighted by atomic mass is 16.6. The van der Waals surface area contributed by atoms with Gasteiger partial charge in [-0.2, -0.15) is 0 Å². The van der Waals surface area contributed by atoms with E-state index in [1.165, 1.54) is 109 Å². The number of hydrogen-bond acceptors (Lipinski definition) is 6. The van der Waals surface area contributed by atoms with Gasteiger partial charge in [-0.15, -0.1) is 0 Å². The van der Waals surface area contributed by atoms with E-state index in [1.807, 2.05) is 0 Å². The number of hydrogen-bond donors (Lipinski definition) is 0. The minimum Gasteiger partial charge on any atom is -0.462 e. The molecule has 0 aromatic carbocycles. The SMILES string of the molecule is CC/C=C/C/C=C/C/C=C/C/C=C/C/C=C/CCCCCC(=O)OC[C@@H](COC(=O)CCCCCCC/C=C/C/C=C/CCCCC)OC(=O)CCCCCCCCCCCCCCCCCC. The van der Waals surface area contributed by atoms with Crippen LogP contribution in [0, 0.1) is 0 Å². The molecule has 0 aromatic heterocycles. The third kappa shape index (κ3) is 53.5. The maximum Gasteiger partial charge on any atom is 0.306 e. The van der Waals surface area contributed by atoms with Crippen molar-refractivity contribution >= 4 is 17.9 Å². The van der Waals surface area contributed by atoms with Crippen molar-refractivity contribution in [1.82, 2.24) is 0 Å². The lowest BCUT2D eigenvalue weighted by Gasteiger charge is -2.18. The Balaban J connectivity index is 4.45. The molecule has 0 aliphatic rings. The van der Waals surface area contributed by atoms with Gasteiger partial charge in [-0.1, -0.05) is 241 Å². The molecule has 0 rings (SSSR count). The minimum absolute atomic E-state index is 0.0929. The van der Waals surface area contributed by atoms with Gasteiger partial charge in [0.25, 0.3) is 0 Å². The summed E-state index contributed by atoms with van der Waals surface area (Å²) < 4.78 is 16.8. The predicted molar refractivity (Wildman–Crippen MR) is 293 cm³/mol. The van der Waals surface area contributed by atoms with Gasteiger partial charge < -0.3 is 14.2 Å². The van der Waals surface area contributed by atoms with Crippen LogP contribution in [0.4, 0.5) is 0 Å². The van der Waals surface area contributed by atoms with Crippen LogP contribution in [-0.4, -0.2) is 37.2 Å². The lowest BCUT2D eigenvalue weighted by atomic mass is 10.0. The normalized spacial score (nSPS) is 12.7. The van der Waals surface area contributed by atoms with Gasteiger partial charge >= 0.3 is 17.9 Å². The molecule has 0 bridgehead atoms. The monoisotopic (exact) mass is 947 g/mol. The second kappa shape index (κ2) is 56.2.